The minimum absolute atomic E-state index is 0.251. The molecule has 232 valence electrons. The number of alkyl halides is 6. The molecule has 0 radical (unpaired) electrons. The zero-order valence-electron chi connectivity index (χ0n) is 23.0. The van der Waals surface area contributed by atoms with Crippen LogP contribution in [0.5, 0.6) is 0 Å². The van der Waals surface area contributed by atoms with E-state index in [2.05, 4.69) is 15.3 Å². The van der Waals surface area contributed by atoms with Crippen molar-refractivity contribution in [2.75, 3.05) is 4.90 Å². The molecular weight excluding hydrogens is 592 g/mol. The van der Waals surface area contributed by atoms with Gasteiger partial charge in [0.15, 0.2) is 0 Å². The highest BCUT2D eigenvalue weighted by Crippen LogP contribution is 2.35. The molecule has 1 aliphatic heterocycles. The summed E-state index contributed by atoms with van der Waals surface area (Å²) in [4.78, 5) is 49.7. The van der Waals surface area contributed by atoms with E-state index in [1.165, 1.54) is 17.3 Å². The van der Waals surface area contributed by atoms with Crippen LogP contribution in [0, 0.1) is 11.8 Å². The van der Waals surface area contributed by atoms with Crippen molar-refractivity contribution in [2.45, 2.75) is 44.2 Å². The van der Waals surface area contributed by atoms with Crippen LogP contribution in [-0.4, -0.2) is 46.9 Å². The lowest BCUT2D eigenvalue weighted by Crippen LogP contribution is -2.50. The van der Waals surface area contributed by atoms with Crippen molar-refractivity contribution in [2.24, 2.45) is 22.6 Å². The molecule has 14 heteroatoms. The lowest BCUT2D eigenvalue weighted by atomic mass is 9.83. The number of anilines is 2. The minimum atomic E-state index is -4.79. The van der Waals surface area contributed by atoms with Gasteiger partial charge in [-0.1, -0.05) is 48.5 Å². The maximum atomic E-state index is 14.1. The monoisotopic (exact) mass is 619 g/mol. The van der Waals surface area contributed by atoms with Crippen molar-refractivity contribution in [1.29, 1.82) is 0 Å². The third-order valence-corrected chi connectivity index (χ3v) is 7.01. The number of nitrogens with one attached hydrogen (secondary N) is 1. The molecule has 0 fully saturated rings. The molecule has 2 aromatic carbocycles. The third-order valence-electron chi connectivity index (χ3n) is 7.01. The molecule has 3 amide bonds. The zero-order chi connectivity index (χ0) is 32.1. The predicted octanol–water partition coefficient (Wildman–Crippen LogP) is 5.44. The van der Waals surface area contributed by atoms with E-state index in [-0.39, 0.29) is 11.4 Å². The molecule has 4 rings (SSSR count). The number of aliphatic imine (C=N–C) groups is 1. The highest BCUT2D eigenvalue weighted by Gasteiger charge is 2.41. The number of halogens is 6. The Bertz CT molecular complexity index is 1510. The van der Waals surface area contributed by atoms with Crippen LogP contribution in [0.3, 0.4) is 0 Å². The summed E-state index contributed by atoms with van der Waals surface area (Å²) in [5.41, 5.74) is 7.21. The van der Waals surface area contributed by atoms with Gasteiger partial charge in [0, 0.05) is 42.0 Å². The average molecular weight is 620 g/mol. The number of rotatable bonds is 10. The number of hydrogen-bond donors (Lipinski definition) is 2. The normalized spacial score (nSPS) is 16.8. The van der Waals surface area contributed by atoms with Gasteiger partial charge in [0.25, 0.3) is 5.91 Å². The number of fused-ring (bicyclic) bond motifs is 1. The second kappa shape index (κ2) is 13.3. The number of carbonyl (C=O) groups is 3. The fourth-order valence-electron chi connectivity index (χ4n) is 4.97. The fraction of sp³-hybridized carbons (Fsp3) is 0.300. The molecular formula is C30H27F6N5O3. The number of nitrogens with zero attached hydrogens (tertiary/aromatic N) is 3. The molecule has 0 saturated heterocycles. The summed E-state index contributed by atoms with van der Waals surface area (Å²) in [6.07, 6.45) is -13.6. The van der Waals surface area contributed by atoms with Gasteiger partial charge >= 0.3 is 12.4 Å². The van der Waals surface area contributed by atoms with Gasteiger partial charge in [0.2, 0.25) is 18.0 Å². The van der Waals surface area contributed by atoms with Gasteiger partial charge in [-0.3, -0.25) is 24.3 Å². The molecule has 3 unspecified atom stereocenters. The first kappa shape index (κ1) is 32.2. The third kappa shape index (κ3) is 7.99. The van der Waals surface area contributed by atoms with Crippen LogP contribution >= 0.6 is 0 Å². The lowest BCUT2D eigenvalue weighted by Gasteiger charge is -2.28. The summed E-state index contributed by atoms with van der Waals surface area (Å²) in [5.74, 6) is -7.31. The number of aromatic nitrogens is 1. The maximum Gasteiger partial charge on any atom is 0.389 e. The number of benzodiazepines with no additional fused rings is 1. The molecule has 1 aromatic heterocycles. The van der Waals surface area contributed by atoms with Gasteiger partial charge in [-0.05, 0) is 31.0 Å². The number of benzene rings is 2. The summed E-state index contributed by atoms with van der Waals surface area (Å²) in [7, 11) is 0. The second-order valence-corrected chi connectivity index (χ2v) is 10.1. The van der Waals surface area contributed by atoms with Gasteiger partial charge in [0.1, 0.15) is 0 Å². The molecule has 0 spiro atoms. The Kier molecular flexibility index (Phi) is 9.70. The van der Waals surface area contributed by atoms with E-state index in [4.69, 9.17) is 5.73 Å². The molecule has 3 N–H and O–H groups in total. The van der Waals surface area contributed by atoms with Crippen LogP contribution in [0.15, 0.2) is 84.1 Å². The van der Waals surface area contributed by atoms with Crippen molar-refractivity contribution in [1.82, 2.24) is 10.3 Å². The van der Waals surface area contributed by atoms with E-state index >= 15 is 0 Å². The van der Waals surface area contributed by atoms with E-state index in [9.17, 15) is 40.7 Å². The fourth-order valence-corrected chi connectivity index (χ4v) is 4.97. The standard InChI is InChI=1S/C30H27F6N5O3/c31-29(32,33)14-12-20(25(37)42)21(13-15-30(34,35)36)27(43)40-26-28(44)41(19-9-6-16-38-17-19)23-11-5-4-10-22(23)24(39-26)18-7-2-1-3-8-18/h1-11,16-17,20-21,26H,12-15H2,(H2,37,42)(H,40,43). The van der Waals surface area contributed by atoms with Gasteiger partial charge < -0.3 is 11.1 Å². The Morgan fingerprint density at radius 3 is 2.07 bits per heavy atom. The van der Waals surface area contributed by atoms with E-state index < -0.39 is 73.8 Å². The summed E-state index contributed by atoms with van der Waals surface area (Å²) in [5, 5.41) is 2.32. The number of primary amides is 1. The lowest BCUT2D eigenvalue weighted by molar-refractivity contribution is -0.152. The number of carbonyl (C=O) groups excluding carboxylic acids is 3. The predicted molar refractivity (Wildman–Crippen MR) is 149 cm³/mol. The summed E-state index contributed by atoms with van der Waals surface area (Å²) in [6.45, 7) is 0. The zero-order valence-corrected chi connectivity index (χ0v) is 23.0. The van der Waals surface area contributed by atoms with Crippen molar-refractivity contribution >= 4 is 34.8 Å². The van der Waals surface area contributed by atoms with Crippen LogP contribution in [0.4, 0.5) is 37.7 Å². The molecule has 2 heterocycles. The molecule has 0 saturated carbocycles. The van der Waals surface area contributed by atoms with Crippen LogP contribution in [0.2, 0.25) is 0 Å². The van der Waals surface area contributed by atoms with Crippen molar-refractivity contribution in [3.63, 3.8) is 0 Å². The molecule has 3 aromatic rings. The molecule has 44 heavy (non-hydrogen) atoms. The molecule has 0 bridgehead atoms. The molecule has 3 atom stereocenters. The smallest absolute Gasteiger partial charge is 0.369 e. The Morgan fingerprint density at radius 2 is 1.48 bits per heavy atom. The molecule has 1 aliphatic rings. The van der Waals surface area contributed by atoms with Gasteiger partial charge in [0.05, 0.1) is 23.3 Å². The number of amides is 3. The van der Waals surface area contributed by atoms with Gasteiger partial charge in [-0.25, -0.2) is 4.99 Å². The Labute approximate surface area is 248 Å². The number of hydrogen-bond acceptors (Lipinski definition) is 5. The largest absolute Gasteiger partial charge is 0.389 e. The van der Waals surface area contributed by atoms with E-state index in [0.717, 1.165) is 0 Å². The SMILES string of the molecule is NC(=O)C(CCC(F)(F)F)C(CCC(F)(F)F)C(=O)NC1N=C(c2ccccc2)c2ccccc2N(c2cccnc2)C1=O. The second-order valence-electron chi connectivity index (χ2n) is 10.1. The maximum absolute atomic E-state index is 14.1. The van der Waals surface area contributed by atoms with Crippen molar-refractivity contribution in [3.8, 4) is 0 Å². The van der Waals surface area contributed by atoms with Crippen molar-refractivity contribution < 1.29 is 40.7 Å². The first-order valence-electron chi connectivity index (χ1n) is 13.4. The number of nitrogens with two attached hydrogens (primary N) is 1. The van der Waals surface area contributed by atoms with Crippen LogP contribution in [0.1, 0.15) is 36.8 Å². The summed E-state index contributed by atoms with van der Waals surface area (Å²) < 4.78 is 78.7. The van der Waals surface area contributed by atoms with Crippen molar-refractivity contribution in [3.05, 3.63) is 90.3 Å². The molecule has 0 aliphatic carbocycles. The van der Waals surface area contributed by atoms with Crippen LogP contribution in [-0.2, 0) is 14.4 Å². The quantitative estimate of drug-likeness (QED) is 0.294. The van der Waals surface area contributed by atoms with Gasteiger partial charge in [-0.15, -0.1) is 0 Å². The summed E-state index contributed by atoms with van der Waals surface area (Å²) >= 11 is 0. The molecule has 8 nitrogen and oxygen atoms in total. The van der Waals surface area contributed by atoms with E-state index in [1.54, 1.807) is 66.7 Å². The van der Waals surface area contributed by atoms with E-state index in [0.29, 0.717) is 16.8 Å². The van der Waals surface area contributed by atoms with E-state index in [1.807, 2.05) is 0 Å². The van der Waals surface area contributed by atoms with Crippen LogP contribution < -0.4 is 16.0 Å². The Hall–Kier alpha value is -4.75. The minimum Gasteiger partial charge on any atom is -0.369 e. The van der Waals surface area contributed by atoms with Crippen LogP contribution in [0.25, 0.3) is 0 Å². The number of para-hydroxylation sites is 1. The van der Waals surface area contributed by atoms with Gasteiger partial charge in [-0.2, -0.15) is 26.3 Å². The Morgan fingerprint density at radius 1 is 0.864 bits per heavy atom. The summed E-state index contributed by atoms with van der Waals surface area (Å²) in [6, 6.07) is 18.4. The first-order chi connectivity index (χ1) is 20.7. The highest BCUT2D eigenvalue weighted by atomic mass is 19.4. The first-order valence-corrected chi connectivity index (χ1v) is 13.4. The Balaban J connectivity index is 1.80. The number of pyridine rings is 1. The average Bonchev–Trinajstić information content (AvgIpc) is 3.08. The topological polar surface area (TPSA) is 118 Å². The highest BCUT2D eigenvalue weighted by molar-refractivity contribution is 6.21.